The Morgan fingerprint density at radius 3 is 1.93 bits per heavy atom. The van der Waals surface area contributed by atoms with E-state index < -0.39 is 63.3 Å². The average Bonchev–Trinajstić information content (AvgIpc) is 2.64. The monoisotopic (exact) mass is 423 g/mol. The van der Waals surface area contributed by atoms with E-state index in [1.54, 1.807) is 6.92 Å². The molecule has 2 aromatic carbocycles. The molecule has 0 heterocycles. The molecule has 0 spiro atoms. The lowest BCUT2D eigenvalue weighted by Crippen LogP contribution is -2.39. The van der Waals surface area contributed by atoms with Gasteiger partial charge >= 0.3 is 5.97 Å². The normalized spacial score (nSPS) is 12.7. The molecule has 0 unspecified atom stereocenters. The molecule has 0 saturated carbocycles. The first-order chi connectivity index (χ1) is 13.0. The third-order valence-electron chi connectivity index (χ3n) is 3.68. The van der Waals surface area contributed by atoms with Crippen molar-refractivity contribution in [2.24, 2.45) is 0 Å². The fourth-order valence-corrected chi connectivity index (χ4v) is 3.30. The first-order valence-electron chi connectivity index (χ1n) is 7.71. The first kappa shape index (κ1) is 21.8. The number of esters is 1. The van der Waals surface area contributed by atoms with E-state index in [-0.39, 0.29) is 4.90 Å². The van der Waals surface area contributed by atoms with Crippen LogP contribution in [0.3, 0.4) is 0 Å². The molecule has 2 aromatic rings. The van der Waals surface area contributed by atoms with Gasteiger partial charge in [0.05, 0.1) is 10.5 Å². The molecule has 1 atom stereocenters. The molecule has 1 N–H and O–H groups in total. The van der Waals surface area contributed by atoms with Gasteiger partial charge in [-0.2, -0.15) is 4.72 Å². The summed E-state index contributed by atoms with van der Waals surface area (Å²) in [5.74, 6) is -12.3. The number of halogens is 5. The number of sulfonamides is 1. The van der Waals surface area contributed by atoms with Gasteiger partial charge in [-0.15, -0.1) is 0 Å². The molecule has 11 heteroatoms. The lowest BCUT2D eigenvalue weighted by atomic mass is 10.2. The van der Waals surface area contributed by atoms with E-state index >= 15 is 0 Å². The van der Waals surface area contributed by atoms with Crippen molar-refractivity contribution in [2.75, 3.05) is 0 Å². The van der Waals surface area contributed by atoms with Gasteiger partial charge in [-0.1, -0.05) is 17.7 Å². The van der Waals surface area contributed by atoms with Crippen LogP contribution in [0.2, 0.25) is 0 Å². The lowest BCUT2D eigenvalue weighted by Gasteiger charge is -2.15. The second kappa shape index (κ2) is 8.23. The fourth-order valence-electron chi connectivity index (χ4n) is 2.11. The minimum Gasteiger partial charge on any atom is -0.459 e. The highest BCUT2D eigenvalue weighted by atomic mass is 32.2. The largest absolute Gasteiger partial charge is 0.459 e. The molecule has 152 valence electrons. The number of carbonyl (C=O) groups is 1. The van der Waals surface area contributed by atoms with E-state index in [0.717, 1.165) is 12.5 Å². The number of carbonyl (C=O) groups excluding carboxylic acids is 1. The van der Waals surface area contributed by atoms with Gasteiger partial charge in [0.1, 0.15) is 12.6 Å². The lowest BCUT2D eigenvalue weighted by molar-refractivity contribution is -0.146. The van der Waals surface area contributed by atoms with Crippen LogP contribution in [0, 0.1) is 36.0 Å². The minimum absolute atomic E-state index is 0.141. The second-order valence-corrected chi connectivity index (χ2v) is 7.53. The van der Waals surface area contributed by atoms with Crippen LogP contribution in [0.25, 0.3) is 0 Å². The molecule has 28 heavy (non-hydrogen) atoms. The Hall–Kier alpha value is -2.53. The van der Waals surface area contributed by atoms with Crippen LogP contribution in [0.15, 0.2) is 29.2 Å². The molecule has 0 saturated heterocycles. The third kappa shape index (κ3) is 4.47. The summed E-state index contributed by atoms with van der Waals surface area (Å²) in [4.78, 5) is 11.7. The van der Waals surface area contributed by atoms with Crippen molar-refractivity contribution in [1.82, 2.24) is 4.72 Å². The Balaban J connectivity index is 2.11. The summed E-state index contributed by atoms with van der Waals surface area (Å²) in [5, 5.41) is 0. The van der Waals surface area contributed by atoms with Gasteiger partial charge in [0, 0.05) is 0 Å². The highest BCUT2D eigenvalue weighted by molar-refractivity contribution is 7.89. The van der Waals surface area contributed by atoms with Gasteiger partial charge in [0.15, 0.2) is 23.3 Å². The zero-order chi connectivity index (χ0) is 21.2. The Morgan fingerprint density at radius 1 is 0.964 bits per heavy atom. The van der Waals surface area contributed by atoms with E-state index in [2.05, 4.69) is 4.74 Å². The number of hydrogen-bond donors (Lipinski definition) is 1. The maximum absolute atomic E-state index is 13.6. The van der Waals surface area contributed by atoms with Gasteiger partial charge in [-0.3, -0.25) is 4.79 Å². The van der Waals surface area contributed by atoms with Crippen molar-refractivity contribution in [3.8, 4) is 0 Å². The summed E-state index contributed by atoms with van der Waals surface area (Å²) in [6.07, 6.45) is 0. The Labute approximate surface area is 157 Å². The molecule has 0 bridgehead atoms. The summed E-state index contributed by atoms with van der Waals surface area (Å²) in [5.41, 5.74) is -0.549. The molecule has 0 aliphatic carbocycles. The van der Waals surface area contributed by atoms with E-state index in [9.17, 15) is 35.2 Å². The van der Waals surface area contributed by atoms with Gasteiger partial charge in [0.2, 0.25) is 15.8 Å². The fraction of sp³-hybridized carbons (Fsp3) is 0.235. The third-order valence-corrected chi connectivity index (χ3v) is 5.23. The van der Waals surface area contributed by atoms with Crippen LogP contribution in [-0.2, 0) is 26.2 Å². The Kier molecular flexibility index (Phi) is 6.40. The maximum Gasteiger partial charge on any atom is 0.324 e. The number of ether oxygens (including phenoxy) is 1. The predicted octanol–water partition coefficient (Wildman–Crippen LogP) is 3.10. The molecule has 0 fully saturated rings. The summed E-state index contributed by atoms with van der Waals surface area (Å²) in [6, 6.07) is 4.16. The van der Waals surface area contributed by atoms with Crippen molar-refractivity contribution < 1.29 is 39.9 Å². The maximum atomic E-state index is 13.6. The number of benzene rings is 2. The SMILES string of the molecule is Cc1ccc(S(=O)(=O)N[C@@H](C)C(=O)OCc2c(F)c(F)c(F)c(F)c2F)cc1. The molecule has 0 aliphatic heterocycles. The van der Waals surface area contributed by atoms with Crippen molar-refractivity contribution in [3.63, 3.8) is 0 Å². The van der Waals surface area contributed by atoms with Crippen LogP contribution < -0.4 is 4.72 Å². The molecule has 2 rings (SSSR count). The van der Waals surface area contributed by atoms with Gasteiger partial charge in [-0.05, 0) is 26.0 Å². The van der Waals surface area contributed by atoms with Crippen LogP contribution in [0.4, 0.5) is 22.0 Å². The standard InChI is InChI=1S/C17H14F5NO4S/c1-8-3-5-10(6-4-8)28(25,26)23-9(2)17(24)27-7-11-12(18)14(20)16(22)15(21)13(11)19/h3-6,9,23H,7H2,1-2H3/t9-/m0/s1. The topological polar surface area (TPSA) is 72.5 Å². The summed E-state index contributed by atoms with van der Waals surface area (Å²) < 4.78 is 97.2. The van der Waals surface area contributed by atoms with Gasteiger partial charge < -0.3 is 4.74 Å². The average molecular weight is 423 g/mol. The van der Waals surface area contributed by atoms with Gasteiger partial charge in [0.25, 0.3) is 0 Å². The number of nitrogens with one attached hydrogen (secondary N) is 1. The predicted molar refractivity (Wildman–Crippen MR) is 87.0 cm³/mol. The van der Waals surface area contributed by atoms with E-state index in [1.165, 1.54) is 24.3 Å². The van der Waals surface area contributed by atoms with Crippen molar-refractivity contribution in [2.45, 2.75) is 31.4 Å². The van der Waals surface area contributed by atoms with Crippen LogP contribution >= 0.6 is 0 Å². The molecule has 0 aromatic heterocycles. The van der Waals surface area contributed by atoms with E-state index in [1.807, 2.05) is 4.72 Å². The highest BCUT2D eigenvalue weighted by Crippen LogP contribution is 2.23. The number of hydrogen-bond acceptors (Lipinski definition) is 4. The van der Waals surface area contributed by atoms with Crippen LogP contribution in [0.5, 0.6) is 0 Å². The molecule has 0 amide bonds. The number of aryl methyl sites for hydroxylation is 1. The summed E-state index contributed by atoms with van der Waals surface area (Å²) in [6.45, 7) is 1.55. The van der Waals surface area contributed by atoms with Crippen LogP contribution in [-0.4, -0.2) is 20.4 Å². The molecular weight excluding hydrogens is 409 g/mol. The zero-order valence-electron chi connectivity index (χ0n) is 14.5. The van der Waals surface area contributed by atoms with E-state index in [4.69, 9.17) is 0 Å². The summed E-state index contributed by atoms with van der Waals surface area (Å²) in [7, 11) is -4.11. The zero-order valence-corrected chi connectivity index (χ0v) is 15.3. The first-order valence-corrected chi connectivity index (χ1v) is 9.20. The molecular formula is C17H14F5NO4S. The Bertz CT molecular complexity index is 980. The summed E-state index contributed by atoms with van der Waals surface area (Å²) >= 11 is 0. The molecule has 5 nitrogen and oxygen atoms in total. The second-order valence-electron chi connectivity index (χ2n) is 5.81. The molecule has 0 radical (unpaired) electrons. The van der Waals surface area contributed by atoms with Gasteiger partial charge in [-0.25, -0.2) is 30.4 Å². The minimum atomic E-state index is -4.11. The highest BCUT2D eigenvalue weighted by Gasteiger charge is 2.28. The number of rotatable bonds is 6. The van der Waals surface area contributed by atoms with Crippen molar-refractivity contribution >= 4 is 16.0 Å². The molecule has 0 aliphatic rings. The Morgan fingerprint density at radius 2 is 1.43 bits per heavy atom. The van der Waals surface area contributed by atoms with Crippen molar-refractivity contribution in [3.05, 3.63) is 64.5 Å². The van der Waals surface area contributed by atoms with Crippen LogP contribution in [0.1, 0.15) is 18.1 Å². The smallest absolute Gasteiger partial charge is 0.324 e. The van der Waals surface area contributed by atoms with Crippen molar-refractivity contribution in [1.29, 1.82) is 0 Å². The van der Waals surface area contributed by atoms with E-state index in [0.29, 0.717) is 0 Å². The quantitative estimate of drug-likeness (QED) is 0.336.